The molecule has 2 amide bonds. The van der Waals surface area contributed by atoms with Gasteiger partial charge in [0.05, 0.1) is 25.4 Å². The van der Waals surface area contributed by atoms with Gasteiger partial charge in [0, 0.05) is 50.1 Å². The van der Waals surface area contributed by atoms with E-state index in [4.69, 9.17) is 4.74 Å². The third kappa shape index (κ3) is 6.44. The normalized spacial score (nSPS) is 20.6. The van der Waals surface area contributed by atoms with Gasteiger partial charge in [-0.2, -0.15) is 0 Å². The predicted octanol–water partition coefficient (Wildman–Crippen LogP) is 2.80. The van der Waals surface area contributed by atoms with Crippen LogP contribution >= 0.6 is 0 Å². The maximum absolute atomic E-state index is 13.6. The van der Waals surface area contributed by atoms with Gasteiger partial charge in [0.2, 0.25) is 5.88 Å². The fourth-order valence-electron chi connectivity index (χ4n) is 4.86. The molecule has 1 aliphatic carbocycles. The van der Waals surface area contributed by atoms with Crippen LogP contribution in [0.25, 0.3) is 0 Å². The summed E-state index contributed by atoms with van der Waals surface area (Å²) in [6.45, 7) is 4.22. The van der Waals surface area contributed by atoms with Crippen LogP contribution in [0.2, 0.25) is 0 Å². The number of rotatable bonds is 6. The molecule has 0 bridgehead atoms. The van der Waals surface area contributed by atoms with Gasteiger partial charge < -0.3 is 19.6 Å². The number of ether oxygens (including phenoxy) is 1. The third-order valence-corrected chi connectivity index (χ3v) is 7.20. The molecule has 0 radical (unpaired) electrons. The Morgan fingerprint density at radius 2 is 2.05 bits per heavy atom. The van der Waals surface area contributed by atoms with Crippen LogP contribution in [0.15, 0.2) is 30.9 Å². The SMILES string of the molecule is C[C@H](CO)N1C[C@H](C)[C@@H](CN(C)C(=O)c2cnccn2)Oc2ncc(C#CCC3CCCC3)cc2C1=O. The molecule has 1 aliphatic heterocycles. The van der Waals surface area contributed by atoms with E-state index in [1.165, 1.54) is 49.2 Å². The largest absolute Gasteiger partial charge is 0.472 e. The minimum atomic E-state index is -0.447. The van der Waals surface area contributed by atoms with Gasteiger partial charge in [-0.05, 0) is 31.7 Å². The van der Waals surface area contributed by atoms with Crippen LogP contribution in [0.1, 0.15) is 72.4 Å². The number of aliphatic hydroxyl groups excluding tert-OH is 1. The molecule has 9 heteroatoms. The van der Waals surface area contributed by atoms with E-state index in [2.05, 4.69) is 26.8 Å². The number of amides is 2. The minimum absolute atomic E-state index is 0.143. The van der Waals surface area contributed by atoms with Crippen molar-refractivity contribution in [3.63, 3.8) is 0 Å². The Morgan fingerprint density at radius 3 is 2.76 bits per heavy atom. The van der Waals surface area contributed by atoms with Gasteiger partial charge in [0.25, 0.3) is 11.8 Å². The lowest BCUT2D eigenvalue weighted by Gasteiger charge is -2.37. The number of hydrogen-bond donors (Lipinski definition) is 1. The number of hydrogen-bond acceptors (Lipinski definition) is 7. The van der Waals surface area contributed by atoms with Crippen LogP contribution in [0.4, 0.5) is 0 Å². The highest BCUT2D eigenvalue weighted by Gasteiger charge is 2.35. The molecule has 0 spiro atoms. The molecular formula is C28H35N5O4. The van der Waals surface area contributed by atoms with E-state index in [0.717, 1.165) is 6.42 Å². The number of aliphatic hydroxyl groups is 1. The number of carbonyl (C=O) groups excluding carboxylic acids is 2. The Bertz CT molecular complexity index is 1160. The summed E-state index contributed by atoms with van der Waals surface area (Å²) in [5.74, 6) is 6.62. The Labute approximate surface area is 218 Å². The third-order valence-electron chi connectivity index (χ3n) is 7.20. The fraction of sp³-hybridized carbons (Fsp3) is 0.536. The molecule has 2 aliphatic rings. The van der Waals surface area contributed by atoms with Crippen LogP contribution in [0.3, 0.4) is 0 Å². The first-order chi connectivity index (χ1) is 17.9. The molecule has 4 rings (SSSR count). The van der Waals surface area contributed by atoms with Gasteiger partial charge >= 0.3 is 0 Å². The lowest BCUT2D eigenvalue weighted by Crippen LogP contribution is -2.50. The van der Waals surface area contributed by atoms with Crippen molar-refractivity contribution < 1.29 is 19.4 Å². The van der Waals surface area contributed by atoms with E-state index in [1.807, 2.05) is 13.8 Å². The van der Waals surface area contributed by atoms with Crippen LogP contribution in [-0.4, -0.2) is 80.6 Å². The fourth-order valence-corrected chi connectivity index (χ4v) is 4.86. The first-order valence-corrected chi connectivity index (χ1v) is 13.0. The van der Waals surface area contributed by atoms with Crippen LogP contribution in [-0.2, 0) is 0 Å². The van der Waals surface area contributed by atoms with E-state index in [9.17, 15) is 14.7 Å². The summed E-state index contributed by atoms with van der Waals surface area (Å²) in [5, 5.41) is 9.86. The smallest absolute Gasteiger partial charge is 0.273 e. The number of pyridine rings is 1. The quantitative estimate of drug-likeness (QED) is 0.602. The molecule has 0 saturated heterocycles. The molecule has 1 N–H and O–H groups in total. The zero-order chi connectivity index (χ0) is 26.4. The van der Waals surface area contributed by atoms with Crippen molar-refractivity contribution in [3.05, 3.63) is 47.7 Å². The van der Waals surface area contributed by atoms with Crippen molar-refractivity contribution in [2.24, 2.45) is 11.8 Å². The molecule has 2 aromatic rings. The van der Waals surface area contributed by atoms with Gasteiger partial charge in [-0.3, -0.25) is 14.6 Å². The van der Waals surface area contributed by atoms with E-state index >= 15 is 0 Å². The van der Waals surface area contributed by atoms with E-state index in [1.54, 1.807) is 24.2 Å². The van der Waals surface area contributed by atoms with Crippen LogP contribution in [0.5, 0.6) is 5.88 Å². The van der Waals surface area contributed by atoms with Gasteiger partial charge in [-0.1, -0.05) is 31.6 Å². The van der Waals surface area contributed by atoms with Gasteiger partial charge in [-0.25, -0.2) is 9.97 Å². The topological polar surface area (TPSA) is 109 Å². The van der Waals surface area contributed by atoms with Crippen molar-refractivity contribution >= 4 is 11.8 Å². The summed E-state index contributed by atoms with van der Waals surface area (Å²) in [4.78, 5) is 42.2. The van der Waals surface area contributed by atoms with Crippen LogP contribution < -0.4 is 4.74 Å². The number of aromatic nitrogens is 3. The second kappa shape index (κ2) is 12.2. The molecular weight excluding hydrogens is 470 g/mol. The molecule has 0 aromatic carbocycles. The standard InChI is InChI=1S/C28H35N5O4/c1-19-16-33(20(2)18-34)27(35)23-13-22(10-6-9-21-7-4-5-8-21)14-31-26(23)37-25(19)17-32(3)28(36)24-15-29-11-12-30-24/h11-15,19-21,25,34H,4-5,7-9,16-18H2,1-3H3/t19-,20+,25+/m0/s1. The van der Waals surface area contributed by atoms with E-state index in [0.29, 0.717) is 23.6 Å². The average Bonchev–Trinajstić information content (AvgIpc) is 3.44. The van der Waals surface area contributed by atoms with Gasteiger partial charge in [0.15, 0.2) is 0 Å². The number of carbonyl (C=O) groups is 2. The van der Waals surface area contributed by atoms with Crippen molar-refractivity contribution in [1.29, 1.82) is 0 Å². The highest BCUT2D eigenvalue weighted by atomic mass is 16.5. The highest BCUT2D eigenvalue weighted by Crippen LogP contribution is 2.28. The maximum atomic E-state index is 13.6. The molecule has 3 atom stereocenters. The highest BCUT2D eigenvalue weighted by molar-refractivity contribution is 5.97. The predicted molar refractivity (Wildman–Crippen MR) is 138 cm³/mol. The van der Waals surface area contributed by atoms with Gasteiger partial charge in [-0.15, -0.1) is 0 Å². The lowest BCUT2D eigenvalue weighted by atomic mass is 9.99. The van der Waals surface area contributed by atoms with Crippen LogP contribution in [0, 0.1) is 23.7 Å². The summed E-state index contributed by atoms with van der Waals surface area (Å²) >= 11 is 0. The number of likely N-dealkylation sites (N-methyl/N-ethyl adjacent to an activating group) is 1. The first-order valence-electron chi connectivity index (χ1n) is 13.0. The lowest BCUT2D eigenvalue weighted by molar-refractivity contribution is 0.0312. The summed E-state index contributed by atoms with van der Waals surface area (Å²) in [6, 6.07) is 1.34. The van der Waals surface area contributed by atoms with Crippen molar-refractivity contribution in [3.8, 4) is 17.7 Å². The molecule has 3 heterocycles. The first kappa shape index (κ1) is 26.6. The molecule has 37 heavy (non-hydrogen) atoms. The summed E-state index contributed by atoms with van der Waals surface area (Å²) in [7, 11) is 1.68. The second-order valence-electron chi connectivity index (χ2n) is 10.1. The van der Waals surface area contributed by atoms with Crippen molar-refractivity contribution in [2.45, 2.75) is 58.1 Å². The Hall–Kier alpha value is -3.51. The van der Waals surface area contributed by atoms with Crippen molar-refractivity contribution in [2.75, 3.05) is 26.7 Å². The molecule has 0 unspecified atom stereocenters. The second-order valence-corrected chi connectivity index (χ2v) is 10.1. The molecule has 1 saturated carbocycles. The number of fused-ring (bicyclic) bond motifs is 1. The molecule has 9 nitrogen and oxygen atoms in total. The summed E-state index contributed by atoms with van der Waals surface area (Å²) in [6.07, 6.45) is 11.5. The zero-order valence-electron chi connectivity index (χ0n) is 21.8. The summed E-state index contributed by atoms with van der Waals surface area (Å²) < 4.78 is 6.28. The van der Waals surface area contributed by atoms with Crippen molar-refractivity contribution in [1.82, 2.24) is 24.8 Å². The van der Waals surface area contributed by atoms with Gasteiger partial charge in [0.1, 0.15) is 17.4 Å². The maximum Gasteiger partial charge on any atom is 0.273 e. The minimum Gasteiger partial charge on any atom is -0.472 e. The number of nitrogens with zero attached hydrogens (tertiary/aromatic N) is 5. The zero-order valence-corrected chi connectivity index (χ0v) is 21.8. The Morgan fingerprint density at radius 1 is 1.27 bits per heavy atom. The molecule has 1 fully saturated rings. The Balaban J connectivity index is 1.59. The average molecular weight is 506 g/mol. The summed E-state index contributed by atoms with van der Waals surface area (Å²) in [5.41, 5.74) is 1.21. The monoisotopic (exact) mass is 505 g/mol. The van der Waals surface area contributed by atoms with E-state index < -0.39 is 12.1 Å². The Kier molecular flexibility index (Phi) is 8.72. The molecule has 2 aromatic heterocycles. The molecule has 196 valence electrons. The van der Waals surface area contributed by atoms with E-state index in [-0.39, 0.29) is 42.5 Å².